The molecule has 8 heteroatoms. The van der Waals surface area contributed by atoms with E-state index in [1.54, 1.807) is 24.3 Å². The third-order valence-electron chi connectivity index (χ3n) is 3.58. The highest BCUT2D eigenvalue weighted by Crippen LogP contribution is 2.24. The molecule has 3 aromatic rings. The van der Waals surface area contributed by atoms with Gasteiger partial charge in [-0.05, 0) is 12.1 Å². The highest BCUT2D eigenvalue weighted by atomic mass is 35.5. The van der Waals surface area contributed by atoms with Crippen molar-refractivity contribution in [1.29, 1.82) is 0 Å². The standard InChI is InChI=1S/C17H11ClN2O5/c18-14-7-11(20(23)24)6-5-10(14)9-25-17(22)13-8-16(21)19-15-4-2-1-3-12(13)15/h1-8H,9H2,(H,19,21). The van der Waals surface area contributed by atoms with Gasteiger partial charge in [0.1, 0.15) is 6.61 Å². The van der Waals surface area contributed by atoms with Crippen molar-refractivity contribution < 1.29 is 14.5 Å². The molecule has 0 fully saturated rings. The number of carbonyl (C=O) groups excluding carboxylic acids is 1. The number of benzene rings is 2. The van der Waals surface area contributed by atoms with E-state index in [1.165, 1.54) is 24.3 Å². The number of H-pyrrole nitrogens is 1. The van der Waals surface area contributed by atoms with Gasteiger partial charge in [-0.3, -0.25) is 14.9 Å². The van der Waals surface area contributed by atoms with Gasteiger partial charge in [-0.2, -0.15) is 0 Å². The van der Waals surface area contributed by atoms with Crippen LogP contribution in [0.15, 0.2) is 53.3 Å². The maximum Gasteiger partial charge on any atom is 0.339 e. The number of carbonyl (C=O) groups is 1. The lowest BCUT2D eigenvalue weighted by molar-refractivity contribution is -0.384. The van der Waals surface area contributed by atoms with Crippen LogP contribution in [0.25, 0.3) is 10.9 Å². The number of ether oxygens (including phenoxy) is 1. The van der Waals surface area contributed by atoms with Crippen LogP contribution in [0.2, 0.25) is 5.02 Å². The fourth-order valence-corrected chi connectivity index (χ4v) is 2.59. The fraction of sp³-hybridized carbons (Fsp3) is 0.0588. The molecule has 0 bridgehead atoms. The first kappa shape index (κ1) is 16.7. The molecule has 0 saturated heterocycles. The number of nitrogens with zero attached hydrogens (tertiary/aromatic N) is 1. The van der Waals surface area contributed by atoms with E-state index in [-0.39, 0.29) is 22.9 Å². The van der Waals surface area contributed by atoms with Gasteiger partial charge in [0, 0.05) is 34.7 Å². The molecular weight excluding hydrogens is 348 g/mol. The number of aromatic amines is 1. The Morgan fingerprint density at radius 3 is 2.68 bits per heavy atom. The van der Waals surface area contributed by atoms with E-state index in [2.05, 4.69) is 4.98 Å². The lowest BCUT2D eigenvalue weighted by Gasteiger charge is -2.08. The van der Waals surface area contributed by atoms with Gasteiger partial charge in [-0.1, -0.05) is 29.8 Å². The number of non-ortho nitro benzene ring substituents is 1. The average Bonchev–Trinajstić information content (AvgIpc) is 2.59. The van der Waals surface area contributed by atoms with Gasteiger partial charge in [0.15, 0.2) is 0 Å². The van der Waals surface area contributed by atoms with E-state index < -0.39 is 16.5 Å². The maximum atomic E-state index is 12.3. The Hall–Kier alpha value is -3.19. The molecule has 0 aliphatic heterocycles. The largest absolute Gasteiger partial charge is 0.457 e. The zero-order chi connectivity index (χ0) is 18.0. The molecule has 1 aromatic heterocycles. The number of rotatable bonds is 4. The molecule has 1 N–H and O–H groups in total. The smallest absolute Gasteiger partial charge is 0.339 e. The number of aromatic nitrogens is 1. The fourth-order valence-electron chi connectivity index (χ4n) is 2.36. The normalized spacial score (nSPS) is 10.6. The number of hydrogen-bond donors (Lipinski definition) is 1. The topological polar surface area (TPSA) is 102 Å². The first-order valence-electron chi connectivity index (χ1n) is 7.18. The molecule has 1 heterocycles. The van der Waals surface area contributed by atoms with Crippen LogP contribution in [0.3, 0.4) is 0 Å². The number of esters is 1. The van der Waals surface area contributed by atoms with Crippen molar-refractivity contribution in [3.05, 3.63) is 85.1 Å². The SMILES string of the molecule is O=C(OCc1ccc([N+](=O)[O-])cc1Cl)c1cc(=O)[nH]c2ccccc12. The summed E-state index contributed by atoms with van der Waals surface area (Å²) in [5.41, 5.74) is 0.516. The zero-order valence-corrected chi connectivity index (χ0v) is 13.4. The summed E-state index contributed by atoms with van der Waals surface area (Å²) in [4.78, 5) is 36.8. The molecule has 0 saturated carbocycles. The summed E-state index contributed by atoms with van der Waals surface area (Å²) in [6.07, 6.45) is 0. The summed E-state index contributed by atoms with van der Waals surface area (Å²) in [5.74, 6) is -0.684. The lowest BCUT2D eigenvalue weighted by Crippen LogP contribution is -2.13. The number of hydrogen-bond acceptors (Lipinski definition) is 5. The monoisotopic (exact) mass is 358 g/mol. The van der Waals surface area contributed by atoms with Crippen molar-refractivity contribution in [2.75, 3.05) is 0 Å². The van der Waals surface area contributed by atoms with E-state index in [0.29, 0.717) is 16.5 Å². The van der Waals surface area contributed by atoms with Gasteiger partial charge in [-0.25, -0.2) is 4.79 Å². The second-order valence-electron chi connectivity index (χ2n) is 5.20. The molecule has 3 rings (SSSR count). The minimum Gasteiger partial charge on any atom is -0.457 e. The van der Waals surface area contributed by atoms with Crippen molar-refractivity contribution in [2.45, 2.75) is 6.61 Å². The quantitative estimate of drug-likeness (QED) is 0.437. The second-order valence-corrected chi connectivity index (χ2v) is 5.61. The summed E-state index contributed by atoms with van der Waals surface area (Å²) in [5, 5.41) is 11.4. The van der Waals surface area contributed by atoms with Crippen molar-refractivity contribution >= 4 is 34.2 Å². The molecule has 0 aliphatic carbocycles. The number of nitro benzene ring substituents is 1. The minimum atomic E-state index is -0.684. The Morgan fingerprint density at radius 1 is 1.20 bits per heavy atom. The van der Waals surface area contributed by atoms with Crippen LogP contribution in [0, 0.1) is 10.1 Å². The highest BCUT2D eigenvalue weighted by Gasteiger charge is 2.15. The lowest BCUT2D eigenvalue weighted by atomic mass is 10.1. The molecule has 0 spiro atoms. The van der Waals surface area contributed by atoms with Crippen molar-refractivity contribution in [3.63, 3.8) is 0 Å². The van der Waals surface area contributed by atoms with E-state index in [0.717, 1.165) is 0 Å². The first-order valence-corrected chi connectivity index (χ1v) is 7.55. The maximum absolute atomic E-state index is 12.3. The summed E-state index contributed by atoms with van der Waals surface area (Å²) in [7, 11) is 0. The summed E-state index contributed by atoms with van der Waals surface area (Å²) in [6.45, 7) is -0.170. The Kier molecular flexibility index (Phi) is 4.49. The minimum absolute atomic E-state index is 0.123. The molecule has 7 nitrogen and oxygen atoms in total. The van der Waals surface area contributed by atoms with Gasteiger partial charge < -0.3 is 9.72 Å². The molecule has 0 radical (unpaired) electrons. The van der Waals surface area contributed by atoms with Crippen LogP contribution in [0.5, 0.6) is 0 Å². The summed E-state index contributed by atoms with van der Waals surface area (Å²) in [6, 6.07) is 11.9. The molecule has 0 unspecified atom stereocenters. The Labute approximate surface area is 146 Å². The van der Waals surface area contributed by atoms with E-state index >= 15 is 0 Å². The number of halogens is 1. The van der Waals surface area contributed by atoms with Crippen LogP contribution < -0.4 is 5.56 Å². The predicted octanol–water partition coefficient (Wildman–Crippen LogP) is 3.45. The molecule has 2 aromatic carbocycles. The Balaban J connectivity index is 1.84. The van der Waals surface area contributed by atoms with E-state index in [1.807, 2.05) is 0 Å². The van der Waals surface area contributed by atoms with Gasteiger partial charge in [0.2, 0.25) is 5.56 Å². The molecular formula is C17H11ClN2O5. The molecule has 0 amide bonds. The van der Waals surface area contributed by atoms with Crippen LogP contribution in [-0.2, 0) is 11.3 Å². The number of pyridine rings is 1. The second kappa shape index (κ2) is 6.74. The predicted molar refractivity (Wildman–Crippen MR) is 91.8 cm³/mol. The van der Waals surface area contributed by atoms with E-state index in [9.17, 15) is 19.7 Å². The number of fused-ring (bicyclic) bond motifs is 1. The molecule has 0 atom stereocenters. The molecule has 25 heavy (non-hydrogen) atoms. The third-order valence-corrected chi connectivity index (χ3v) is 3.93. The number of para-hydroxylation sites is 1. The average molecular weight is 359 g/mol. The van der Waals surface area contributed by atoms with Crippen LogP contribution in [-0.4, -0.2) is 15.9 Å². The summed E-state index contributed by atoms with van der Waals surface area (Å²) < 4.78 is 5.21. The third kappa shape index (κ3) is 3.51. The first-order chi connectivity index (χ1) is 12.0. The van der Waals surface area contributed by atoms with Gasteiger partial charge in [0.25, 0.3) is 5.69 Å². The van der Waals surface area contributed by atoms with E-state index in [4.69, 9.17) is 16.3 Å². The van der Waals surface area contributed by atoms with Gasteiger partial charge >= 0.3 is 5.97 Å². The van der Waals surface area contributed by atoms with Crippen LogP contribution in [0.1, 0.15) is 15.9 Å². The Morgan fingerprint density at radius 2 is 1.96 bits per heavy atom. The summed E-state index contributed by atoms with van der Waals surface area (Å²) >= 11 is 5.97. The van der Waals surface area contributed by atoms with Gasteiger partial charge in [0.05, 0.1) is 15.5 Å². The van der Waals surface area contributed by atoms with Crippen molar-refractivity contribution in [1.82, 2.24) is 4.98 Å². The number of nitrogens with one attached hydrogen (secondary N) is 1. The highest BCUT2D eigenvalue weighted by molar-refractivity contribution is 6.31. The van der Waals surface area contributed by atoms with Crippen molar-refractivity contribution in [2.24, 2.45) is 0 Å². The van der Waals surface area contributed by atoms with Gasteiger partial charge in [-0.15, -0.1) is 0 Å². The molecule has 126 valence electrons. The Bertz CT molecular complexity index is 1040. The zero-order valence-electron chi connectivity index (χ0n) is 12.7. The van der Waals surface area contributed by atoms with Crippen LogP contribution >= 0.6 is 11.6 Å². The van der Waals surface area contributed by atoms with Crippen molar-refractivity contribution in [3.8, 4) is 0 Å². The molecule has 0 aliphatic rings. The van der Waals surface area contributed by atoms with Crippen LogP contribution in [0.4, 0.5) is 5.69 Å². The number of nitro groups is 1.